The lowest BCUT2D eigenvalue weighted by molar-refractivity contribution is -0.123. The van der Waals surface area contributed by atoms with Crippen LogP contribution < -0.4 is 5.32 Å². The Kier molecular flexibility index (Phi) is 7.36. The number of aryl methyl sites for hydroxylation is 3. The number of sulfonamides is 1. The van der Waals surface area contributed by atoms with E-state index in [1.807, 2.05) is 32.9 Å². The van der Waals surface area contributed by atoms with Crippen LogP contribution in [0.1, 0.15) is 53.2 Å². The van der Waals surface area contributed by atoms with Crippen molar-refractivity contribution in [2.45, 2.75) is 58.0 Å². The molecule has 1 aliphatic rings. The van der Waals surface area contributed by atoms with Crippen LogP contribution in [0, 0.1) is 20.8 Å². The highest BCUT2D eigenvalue weighted by Gasteiger charge is 2.27. The average molecular weight is 459 g/mol. The maximum absolute atomic E-state index is 12.9. The molecule has 0 radical (unpaired) electrons. The number of benzene rings is 2. The van der Waals surface area contributed by atoms with Gasteiger partial charge in [0.1, 0.15) is 0 Å². The number of rotatable bonds is 6. The zero-order valence-electron chi connectivity index (χ0n) is 19.0. The van der Waals surface area contributed by atoms with Crippen molar-refractivity contribution < 1.29 is 22.7 Å². The summed E-state index contributed by atoms with van der Waals surface area (Å²) in [4.78, 5) is 25.3. The van der Waals surface area contributed by atoms with Crippen LogP contribution in [-0.4, -0.2) is 43.8 Å². The van der Waals surface area contributed by atoms with Crippen LogP contribution in [0.4, 0.5) is 5.69 Å². The number of hydrogen-bond donors (Lipinski definition) is 1. The third kappa shape index (κ3) is 5.37. The molecule has 0 spiro atoms. The lowest BCUT2D eigenvalue weighted by atomic mass is 10.0. The van der Waals surface area contributed by atoms with Gasteiger partial charge in [-0.05, 0) is 69.9 Å². The van der Waals surface area contributed by atoms with Crippen LogP contribution >= 0.6 is 0 Å². The molecule has 0 bridgehead atoms. The second-order valence-electron chi connectivity index (χ2n) is 8.30. The van der Waals surface area contributed by atoms with Crippen LogP contribution in [0.15, 0.2) is 41.3 Å². The molecule has 1 heterocycles. The van der Waals surface area contributed by atoms with Gasteiger partial charge in [0.15, 0.2) is 6.10 Å². The van der Waals surface area contributed by atoms with Crippen LogP contribution in [0.5, 0.6) is 0 Å². The summed E-state index contributed by atoms with van der Waals surface area (Å²) in [5.74, 6) is -1.20. The molecule has 1 atom stereocenters. The molecular formula is C24H30N2O5S. The zero-order chi connectivity index (χ0) is 23.5. The number of ether oxygens (including phenoxy) is 1. The Hall–Kier alpha value is -2.71. The summed E-state index contributed by atoms with van der Waals surface area (Å²) in [6, 6.07) is 9.71. The topological polar surface area (TPSA) is 92.8 Å². The van der Waals surface area contributed by atoms with Gasteiger partial charge >= 0.3 is 5.97 Å². The minimum absolute atomic E-state index is 0.0526. The first-order valence-electron chi connectivity index (χ1n) is 10.8. The summed E-state index contributed by atoms with van der Waals surface area (Å²) in [6.45, 7) is 8.23. The Morgan fingerprint density at radius 2 is 1.62 bits per heavy atom. The van der Waals surface area contributed by atoms with Crippen molar-refractivity contribution >= 4 is 27.6 Å². The molecule has 1 saturated heterocycles. The number of nitrogens with one attached hydrogen (secondary N) is 1. The molecule has 0 aliphatic carbocycles. The van der Waals surface area contributed by atoms with Crippen molar-refractivity contribution in [2.24, 2.45) is 0 Å². The van der Waals surface area contributed by atoms with Crippen molar-refractivity contribution in [2.75, 3.05) is 18.4 Å². The highest BCUT2D eigenvalue weighted by atomic mass is 32.2. The number of amides is 1. The van der Waals surface area contributed by atoms with Gasteiger partial charge in [-0.1, -0.05) is 30.2 Å². The molecule has 0 aromatic heterocycles. The van der Waals surface area contributed by atoms with E-state index in [0.717, 1.165) is 36.0 Å². The second kappa shape index (κ2) is 9.83. The van der Waals surface area contributed by atoms with Crippen LogP contribution in [0.25, 0.3) is 0 Å². The van der Waals surface area contributed by atoms with Crippen molar-refractivity contribution in [3.63, 3.8) is 0 Å². The van der Waals surface area contributed by atoms with Gasteiger partial charge in [0, 0.05) is 18.8 Å². The molecule has 8 heteroatoms. The molecule has 2 aromatic rings. The van der Waals surface area contributed by atoms with Gasteiger partial charge in [-0.2, -0.15) is 4.31 Å². The lowest BCUT2D eigenvalue weighted by Gasteiger charge is -2.26. The number of carbonyl (C=O) groups excluding carboxylic acids is 2. The predicted octanol–water partition coefficient (Wildman–Crippen LogP) is 3.97. The molecular weight excluding hydrogens is 428 g/mol. The first kappa shape index (κ1) is 23.9. The van der Waals surface area contributed by atoms with Gasteiger partial charge in [0.25, 0.3) is 5.91 Å². The fourth-order valence-electron chi connectivity index (χ4n) is 3.92. The van der Waals surface area contributed by atoms with Crippen molar-refractivity contribution in [3.05, 3.63) is 58.7 Å². The molecule has 1 amide bonds. The summed E-state index contributed by atoms with van der Waals surface area (Å²) in [5.41, 5.74) is 3.72. The fraction of sp³-hybridized carbons (Fsp3) is 0.417. The Morgan fingerprint density at radius 3 is 2.25 bits per heavy atom. The Balaban J connectivity index is 1.70. The van der Waals surface area contributed by atoms with Crippen LogP contribution in [-0.2, 0) is 19.6 Å². The zero-order valence-corrected chi connectivity index (χ0v) is 19.8. The maximum Gasteiger partial charge on any atom is 0.338 e. The van der Waals surface area contributed by atoms with Gasteiger partial charge in [0.2, 0.25) is 10.0 Å². The molecule has 3 rings (SSSR count). The first-order chi connectivity index (χ1) is 15.1. The Labute approximate surface area is 189 Å². The van der Waals surface area contributed by atoms with E-state index in [2.05, 4.69) is 5.32 Å². The number of anilines is 1. The minimum Gasteiger partial charge on any atom is -0.449 e. The number of nitrogens with zero attached hydrogens (tertiary/aromatic N) is 1. The van der Waals surface area contributed by atoms with Crippen molar-refractivity contribution in [1.82, 2.24) is 4.31 Å². The summed E-state index contributed by atoms with van der Waals surface area (Å²) >= 11 is 0. The quantitative estimate of drug-likeness (QED) is 0.661. The van der Waals surface area contributed by atoms with Gasteiger partial charge in [-0.15, -0.1) is 0 Å². The monoisotopic (exact) mass is 458 g/mol. The predicted molar refractivity (Wildman–Crippen MR) is 123 cm³/mol. The highest BCUT2D eigenvalue weighted by molar-refractivity contribution is 7.89. The van der Waals surface area contributed by atoms with Gasteiger partial charge < -0.3 is 10.1 Å². The summed E-state index contributed by atoms with van der Waals surface area (Å²) in [5, 5.41) is 2.82. The number of piperidine rings is 1. The fourth-order valence-corrected chi connectivity index (χ4v) is 5.49. The van der Waals surface area contributed by atoms with Crippen LogP contribution in [0.2, 0.25) is 0 Å². The normalized spacial score (nSPS) is 15.8. The van der Waals surface area contributed by atoms with Crippen molar-refractivity contribution in [3.8, 4) is 0 Å². The second-order valence-corrected chi connectivity index (χ2v) is 10.2. The van der Waals surface area contributed by atoms with Gasteiger partial charge in [-0.25, -0.2) is 13.2 Å². The molecule has 0 saturated carbocycles. The first-order valence-corrected chi connectivity index (χ1v) is 12.2. The smallest absolute Gasteiger partial charge is 0.338 e. The largest absolute Gasteiger partial charge is 0.449 e. The van der Waals surface area contributed by atoms with Gasteiger partial charge in [0.05, 0.1) is 10.5 Å². The van der Waals surface area contributed by atoms with E-state index in [0.29, 0.717) is 18.8 Å². The van der Waals surface area contributed by atoms with E-state index < -0.39 is 28.0 Å². The number of esters is 1. The lowest BCUT2D eigenvalue weighted by Crippen LogP contribution is -2.35. The number of carbonyl (C=O) groups is 2. The third-order valence-corrected chi connectivity index (χ3v) is 7.50. The number of hydrogen-bond acceptors (Lipinski definition) is 5. The maximum atomic E-state index is 12.9. The van der Waals surface area contributed by atoms with Crippen LogP contribution in [0.3, 0.4) is 0 Å². The SMILES string of the molecule is Cc1cc(C)c(NC(=O)C(C)OC(=O)c2cccc(S(=O)(=O)N3CCCCC3)c2)c(C)c1. The standard InChI is InChI=1S/C24H30N2O5S/c1-16-13-17(2)22(18(3)14-16)25-23(27)19(4)31-24(28)20-9-8-10-21(15-20)32(29,30)26-11-6-5-7-12-26/h8-10,13-15,19H,5-7,11-12H2,1-4H3,(H,25,27). The van der Waals surface area contributed by atoms with E-state index in [-0.39, 0.29) is 10.5 Å². The average Bonchev–Trinajstić information content (AvgIpc) is 2.76. The molecule has 32 heavy (non-hydrogen) atoms. The van der Waals surface area contributed by atoms with E-state index in [9.17, 15) is 18.0 Å². The van der Waals surface area contributed by atoms with E-state index in [4.69, 9.17) is 4.74 Å². The highest BCUT2D eigenvalue weighted by Crippen LogP contribution is 2.23. The summed E-state index contributed by atoms with van der Waals surface area (Å²) in [6.07, 6.45) is 1.62. The minimum atomic E-state index is -3.67. The van der Waals surface area contributed by atoms with E-state index in [1.54, 1.807) is 0 Å². The molecule has 172 valence electrons. The summed E-state index contributed by atoms with van der Waals surface area (Å²) < 4.78 is 32.6. The Morgan fingerprint density at radius 1 is 1.00 bits per heavy atom. The van der Waals surface area contributed by atoms with Gasteiger partial charge in [-0.3, -0.25) is 4.79 Å². The van der Waals surface area contributed by atoms with E-state index in [1.165, 1.54) is 35.5 Å². The molecule has 7 nitrogen and oxygen atoms in total. The van der Waals surface area contributed by atoms with Crippen molar-refractivity contribution in [1.29, 1.82) is 0 Å². The Bertz CT molecular complexity index is 1100. The molecule has 1 unspecified atom stereocenters. The third-order valence-electron chi connectivity index (χ3n) is 5.60. The summed E-state index contributed by atoms with van der Waals surface area (Å²) in [7, 11) is -3.67. The molecule has 2 aromatic carbocycles. The molecule has 1 N–H and O–H groups in total. The van der Waals surface area contributed by atoms with E-state index >= 15 is 0 Å². The molecule has 1 fully saturated rings. The molecule has 1 aliphatic heterocycles.